The minimum absolute atomic E-state index is 0.0639. The molecule has 8 nitrogen and oxygen atoms in total. The van der Waals surface area contributed by atoms with Crippen molar-refractivity contribution in [3.63, 3.8) is 0 Å². The van der Waals surface area contributed by atoms with Gasteiger partial charge >= 0.3 is 0 Å². The Labute approximate surface area is 208 Å². The van der Waals surface area contributed by atoms with Crippen molar-refractivity contribution < 1.29 is 23.5 Å². The van der Waals surface area contributed by atoms with Crippen LogP contribution in [0.2, 0.25) is 0 Å². The van der Waals surface area contributed by atoms with Gasteiger partial charge in [0.25, 0.3) is 5.91 Å². The summed E-state index contributed by atoms with van der Waals surface area (Å²) in [5.41, 5.74) is 0.236. The molecule has 0 spiro atoms. The number of hydrogen-bond acceptors (Lipinski definition) is 4. The molecule has 188 valence electrons. The summed E-state index contributed by atoms with van der Waals surface area (Å²) < 4.78 is 21.2. The highest BCUT2D eigenvalue weighted by Gasteiger charge is 2.50. The lowest BCUT2D eigenvalue weighted by Crippen LogP contribution is -2.65. The molecule has 5 rings (SSSR count). The SMILES string of the molecule is COc1ccc(N2C(=O)c3c(NC(C)=O)c4cc(F)ccc4n3C[C@@]2(C)C(=O)NC2CCCC2)cc1. The van der Waals surface area contributed by atoms with Crippen LogP contribution in [-0.4, -0.2) is 41.0 Å². The summed E-state index contributed by atoms with van der Waals surface area (Å²) >= 11 is 0. The van der Waals surface area contributed by atoms with E-state index in [1.54, 1.807) is 48.9 Å². The minimum atomic E-state index is -1.28. The second kappa shape index (κ2) is 8.96. The van der Waals surface area contributed by atoms with Crippen LogP contribution >= 0.6 is 0 Å². The van der Waals surface area contributed by atoms with E-state index in [0.29, 0.717) is 22.3 Å². The minimum Gasteiger partial charge on any atom is -0.497 e. The number of benzene rings is 2. The molecular weight excluding hydrogens is 463 g/mol. The first kappa shape index (κ1) is 23.8. The van der Waals surface area contributed by atoms with Crippen molar-refractivity contribution in [1.82, 2.24) is 9.88 Å². The molecule has 3 aromatic rings. The van der Waals surface area contributed by atoms with Gasteiger partial charge < -0.3 is 19.9 Å². The van der Waals surface area contributed by atoms with E-state index < -0.39 is 17.3 Å². The van der Waals surface area contributed by atoms with Crippen molar-refractivity contribution in [3.05, 3.63) is 54.0 Å². The van der Waals surface area contributed by atoms with Crippen LogP contribution in [0.1, 0.15) is 50.0 Å². The van der Waals surface area contributed by atoms with Crippen molar-refractivity contribution in [2.24, 2.45) is 0 Å². The Balaban J connectivity index is 1.70. The first-order valence-corrected chi connectivity index (χ1v) is 12.1. The molecule has 1 aliphatic heterocycles. The lowest BCUT2D eigenvalue weighted by atomic mass is 9.93. The molecule has 0 radical (unpaired) electrons. The number of fused-ring (bicyclic) bond motifs is 3. The summed E-state index contributed by atoms with van der Waals surface area (Å²) in [4.78, 5) is 41.6. The van der Waals surface area contributed by atoms with Crippen molar-refractivity contribution in [2.75, 3.05) is 17.3 Å². The number of carbonyl (C=O) groups is 3. The number of ether oxygens (including phenoxy) is 1. The molecule has 9 heteroatoms. The molecule has 0 bridgehead atoms. The van der Waals surface area contributed by atoms with Crippen molar-refractivity contribution >= 4 is 40.0 Å². The zero-order valence-electron chi connectivity index (χ0n) is 20.6. The number of nitrogens with one attached hydrogen (secondary N) is 2. The summed E-state index contributed by atoms with van der Waals surface area (Å²) in [6, 6.07) is 11.2. The Bertz CT molecular complexity index is 1360. The third kappa shape index (κ3) is 3.88. The van der Waals surface area contributed by atoms with Crippen LogP contribution in [0, 0.1) is 5.82 Å². The van der Waals surface area contributed by atoms with Gasteiger partial charge in [-0.1, -0.05) is 12.8 Å². The van der Waals surface area contributed by atoms with E-state index in [2.05, 4.69) is 10.6 Å². The highest BCUT2D eigenvalue weighted by molar-refractivity contribution is 6.20. The van der Waals surface area contributed by atoms with Crippen molar-refractivity contribution in [3.8, 4) is 5.75 Å². The number of methoxy groups -OCH3 is 1. The van der Waals surface area contributed by atoms with Gasteiger partial charge in [-0.3, -0.25) is 19.3 Å². The van der Waals surface area contributed by atoms with Crippen LogP contribution in [0.4, 0.5) is 15.8 Å². The number of rotatable bonds is 5. The molecule has 1 atom stereocenters. The number of amides is 3. The van der Waals surface area contributed by atoms with E-state index >= 15 is 0 Å². The van der Waals surface area contributed by atoms with Crippen LogP contribution in [0.3, 0.4) is 0 Å². The Morgan fingerprint density at radius 2 is 1.81 bits per heavy atom. The molecule has 1 aliphatic carbocycles. The van der Waals surface area contributed by atoms with E-state index in [0.717, 1.165) is 25.7 Å². The van der Waals surface area contributed by atoms with E-state index in [4.69, 9.17) is 4.74 Å². The first-order chi connectivity index (χ1) is 17.2. The molecule has 36 heavy (non-hydrogen) atoms. The van der Waals surface area contributed by atoms with Crippen LogP contribution in [0.15, 0.2) is 42.5 Å². The quantitative estimate of drug-likeness (QED) is 0.558. The summed E-state index contributed by atoms with van der Waals surface area (Å²) in [6.07, 6.45) is 3.92. The zero-order valence-corrected chi connectivity index (χ0v) is 20.6. The smallest absolute Gasteiger partial charge is 0.278 e. The fourth-order valence-corrected chi connectivity index (χ4v) is 5.44. The van der Waals surface area contributed by atoms with Gasteiger partial charge in [0.2, 0.25) is 11.8 Å². The number of nitrogens with zero attached hydrogens (tertiary/aromatic N) is 2. The van der Waals surface area contributed by atoms with Gasteiger partial charge in [-0.25, -0.2) is 4.39 Å². The van der Waals surface area contributed by atoms with Gasteiger partial charge in [0.15, 0.2) is 0 Å². The van der Waals surface area contributed by atoms with Gasteiger partial charge in [-0.05, 0) is 62.2 Å². The van der Waals surface area contributed by atoms with E-state index in [1.165, 1.54) is 24.0 Å². The maximum Gasteiger partial charge on any atom is 0.278 e. The summed E-state index contributed by atoms with van der Waals surface area (Å²) in [6.45, 7) is 3.21. The maximum atomic E-state index is 14.2. The van der Waals surface area contributed by atoms with Gasteiger partial charge in [0.1, 0.15) is 22.8 Å². The van der Waals surface area contributed by atoms with Crippen LogP contribution in [0.25, 0.3) is 10.9 Å². The van der Waals surface area contributed by atoms with Gasteiger partial charge in [0.05, 0.1) is 24.9 Å². The van der Waals surface area contributed by atoms with Gasteiger partial charge in [-0.2, -0.15) is 0 Å². The average molecular weight is 493 g/mol. The zero-order chi connectivity index (χ0) is 25.6. The summed E-state index contributed by atoms with van der Waals surface area (Å²) in [5.74, 6) is -0.974. The highest BCUT2D eigenvalue weighted by Crippen LogP contribution is 2.41. The average Bonchev–Trinajstić information content (AvgIpc) is 3.45. The molecule has 1 saturated carbocycles. The summed E-state index contributed by atoms with van der Waals surface area (Å²) in [7, 11) is 1.55. The summed E-state index contributed by atoms with van der Waals surface area (Å²) in [5, 5.41) is 6.29. The van der Waals surface area contributed by atoms with Crippen molar-refractivity contribution in [1.29, 1.82) is 0 Å². The van der Waals surface area contributed by atoms with Gasteiger partial charge in [-0.15, -0.1) is 0 Å². The van der Waals surface area contributed by atoms with E-state index in [1.807, 2.05) is 0 Å². The second-order valence-corrected chi connectivity index (χ2v) is 9.72. The Morgan fingerprint density at radius 1 is 1.11 bits per heavy atom. The van der Waals surface area contributed by atoms with Crippen LogP contribution in [0.5, 0.6) is 5.75 Å². The van der Waals surface area contributed by atoms with Gasteiger partial charge in [0, 0.05) is 24.0 Å². The Hall–Kier alpha value is -3.88. The normalized spacial score (nSPS) is 19.9. The number of carbonyl (C=O) groups excluding carboxylic acids is 3. The fraction of sp³-hybridized carbons (Fsp3) is 0.370. The molecule has 0 unspecified atom stereocenters. The predicted molar refractivity (Wildman–Crippen MR) is 135 cm³/mol. The third-order valence-corrected chi connectivity index (χ3v) is 7.20. The molecule has 2 aliphatic rings. The number of aromatic nitrogens is 1. The Morgan fingerprint density at radius 3 is 2.44 bits per heavy atom. The molecular formula is C27H29FN4O4. The van der Waals surface area contributed by atoms with E-state index in [9.17, 15) is 18.8 Å². The molecule has 2 N–H and O–H groups in total. The molecule has 0 saturated heterocycles. The van der Waals surface area contributed by atoms with E-state index in [-0.39, 0.29) is 35.8 Å². The lowest BCUT2D eigenvalue weighted by molar-refractivity contribution is -0.127. The molecule has 3 amide bonds. The third-order valence-electron chi connectivity index (χ3n) is 7.20. The highest BCUT2D eigenvalue weighted by atomic mass is 19.1. The first-order valence-electron chi connectivity index (χ1n) is 12.1. The molecule has 1 fully saturated rings. The standard InChI is InChI=1S/C27H29FN4O4/c1-16(33)29-23-21-14-17(28)8-13-22(21)31-15-27(2,26(35)30-18-6-4-5-7-18)32(25(34)24(23)31)19-9-11-20(36-3)12-10-19/h8-14,18H,4-7,15H2,1-3H3,(H,29,33)(H,30,35)/t27-/m0/s1. The second-order valence-electron chi connectivity index (χ2n) is 9.72. The number of anilines is 2. The monoisotopic (exact) mass is 492 g/mol. The molecule has 2 heterocycles. The predicted octanol–water partition coefficient (Wildman–Crippen LogP) is 4.23. The fourth-order valence-electron chi connectivity index (χ4n) is 5.44. The van der Waals surface area contributed by atoms with Crippen molar-refractivity contribution in [2.45, 2.75) is 57.7 Å². The molecule has 2 aromatic carbocycles. The lowest BCUT2D eigenvalue weighted by Gasteiger charge is -2.44. The van der Waals surface area contributed by atoms with Crippen LogP contribution < -0.4 is 20.3 Å². The molecule has 1 aromatic heterocycles. The van der Waals surface area contributed by atoms with Crippen LogP contribution in [-0.2, 0) is 16.1 Å². The topological polar surface area (TPSA) is 92.7 Å². The maximum absolute atomic E-state index is 14.2. The number of halogens is 1. The Kier molecular flexibility index (Phi) is 5.94. The largest absolute Gasteiger partial charge is 0.497 e. The number of hydrogen-bond donors (Lipinski definition) is 2.